The molecule has 3 N–H and O–H groups in total. The number of aliphatic imine (C=N–C) groups is 1. The molecular formula is C18H21N3O. The normalized spacial score (nSPS) is 11.0. The molecule has 4 heteroatoms. The van der Waals surface area contributed by atoms with Gasteiger partial charge in [0.15, 0.2) is 5.96 Å². The summed E-state index contributed by atoms with van der Waals surface area (Å²) in [6, 6.07) is 17.5. The lowest BCUT2D eigenvalue weighted by Crippen LogP contribution is -2.32. The number of guanidine groups is 1. The largest absolute Gasteiger partial charge is 0.457 e. The summed E-state index contributed by atoms with van der Waals surface area (Å²) in [6.45, 7) is 6.91. The molecule has 0 unspecified atom stereocenters. The standard InChI is InChI=1S/C18H21N3O/c1-14(2)12-20-18(19)21-13-15-8-10-17(11-9-15)22-16-6-4-3-5-7-16/h3-11H,1,12-13H2,2H3,(H3,19,20,21). The van der Waals surface area contributed by atoms with Crippen LogP contribution >= 0.6 is 0 Å². The minimum atomic E-state index is 0.424. The van der Waals surface area contributed by atoms with Crippen LogP contribution in [0.5, 0.6) is 11.5 Å². The smallest absolute Gasteiger partial charge is 0.189 e. The zero-order chi connectivity index (χ0) is 15.8. The molecule has 2 aromatic rings. The Hall–Kier alpha value is -2.75. The van der Waals surface area contributed by atoms with Gasteiger partial charge in [0.25, 0.3) is 0 Å². The maximum absolute atomic E-state index is 5.77. The second kappa shape index (κ2) is 7.88. The van der Waals surface area contributed by atoms with Crippen LogP contribution in [0.4, 0.5) is 0 Å². The molecule has 0 aliphatic carbocycles. The molecule has 0 amide bonds. The van der Waals surface area contributed by atoms with Gasteiger partial charge in [-0.2, -0.15) is 0 Å². The Labute approximate surface area is 131 Å². The van der Waals surface area contributed by atoms with Crippen molar-refractivity contribution in [2.45, 2.75) is 13.5 Å². The van der Waals surface area contributed by atoms with Gasteiger partial charge in [-0.05, 0) is 36.8 Å². The number of nitrogens with one attached hydrogen (secondary N) is 1. The van der Waals surface area contributed by atoms with Crippen molar-refractivity contribution in [3.63, 3.8) is 0 Å². The highest BCUT2D eigenvalue weighted by Gasteiger charge is 1.98. The van der Waals surface area contributed by atoms with Crippen molar-refractivity contribution in [3.05, 3.63) is 72.3 Å². The van der Waals surface area contributed by atoms with Crippen LogP contribution in [0.15, 0.2) is 71.7 Å². The zero-order valence-electron chi connectivity index (χ0n) is 12.8. The Morgan fingerprint density at radius 3 is 2.36 bits per heavy atom. The van der Waals surface area contributed by atoms with Crippen molar-refractivity contribution in [1.82, 2.24) is 5.32 Å². The second-order valence-corrected chi connectivity index (χ2v) is 5.07. The number of nitrogens with two attached hydrogens (primary N) is 1. The SMILES string of the molecule is C=C(C)CNC(N)=NCc1ccc(Oc2ccccc2)cc1. The molecule has 22 heavy (non-hydrogen) atoms. The fourth-order valence-corrected chi connectivity index (χ4v) is 1.76. The third-order valence-corrected chi connectivity index (χ3v) is 2.91. The van der Waals surface area contributed by atoms with E-state index in [2.05, 4.69) is 16.9 Å². The van der Waals surface area contributed by atoms with Gasteiger partial charge < -0.3 is 15.8 Å². The highest BCUT2D eigenvalue weighted by Crippen LogP contribution is 2.21. The van der Waals surface area contributed by atoms with E-state index in [0.29, 0.717) is 19.0 Å². The van der Waals surface area contributed by atoms with E-state index < -0.39 is 0 Å². The number of hydrogen-bond acceptors (Lipinski definition) is 2. The van der Waals surface area contributed by atoms with E-state index in [9.17, 15) is 0 Å². The van der Waals surface area contributed by atoms with Gasteiger partial charge in [-0.3, -0.25) is 0 Å². The lowest BCUT2D eigenvalue weighted by atomic mass is 10.2. The summed E-state index contributed by atoms with van der Waals surface area (Å²) in [7, 11) is 0. The van der Waals surface area contributed by atoms with Gasteiger partial charge in [-0.1, -0.05) is 42.5 Å². The molecule has 0 atom stereocenters. The molecule has 0 saturated heterocycles. The fraction of sp³-hybridized carbons (Fsp3) is 0.167. The lowest BCUT2D eigenvalue weighted by Gasteiger charge is -2.07. The van der Waals surface area contributed by atoms with Crippen molar-refractivity contribution < 1.29 is 4.74 Å². The summed E-state index contributed by atoms with van der Waals surface area (Å²) in [6.07, 6.45) is 0. The summed E-state index contributed by atoms with van der Waals surface area (Å²) in [4.78, 5) is 4.28. The second-order valence-electron chi connectivity index (χ2n) is 5.07. The maximum Gasteiger partial charge on any atom is 0.189 e. The third-order valence-electron chi connectivity index (χ3n) is 2.91. The van der Waals surface area contributed by atoms with Gasteiger partial charge in [-0.15, -0.1) is 0 Å². The van der Waals surface area contributed by atoms with Gasteiger partial charge in [0, 0.05) is 6.54 Å². The quantitative estimate of drug-likeness (QED) is 0.487. The summed E-state index contributed by atoms with van der Waals surface area (Å²) >= 11 is 0. The highest BCUT2D eigenvalue weighted by atomic mass is 16.5. The van der Waals surface area contributed by atoms with E-state index in [0.717, 1.165) is 22.6 Å². The number of rotatable bonds is 6. The average Bonchev–Trinajstić information content (AvgIpc) is 2.53. The van der Waals surface area contributed by atoms with Crippen LogP contribution in [-0.4, -0.2) is 12.5 Å². The summed E-state index contributed by atoms with van der Waals surface area (Å²) in [5.74, 6) is 2.04. The summed E-state index contributed by atoms with van der Waals surface area (Å²) in [5.41, 5.74) is 7.86. The molecule has 0 aliphatic rings. The van der Waals surface area contributed by atoms with E-state index in [4.69, 9.17) is 10.5 Å². The average molecular weight is 295 g/mol. The molecule has 0 aromatic heterocycles. The summed E-state index contributed by atoms with van der Waals surface area (Å²) in [5, 5.41) is 3.00. The first-order valence-corrected chi connectivity index (χ1v) is 7.13. The van der Waals surface area contributed by atoms with Crippen LogP contribution in [-0.2, 0) is 6.54 Å². The third kappa shape index (κ3) is 5.32. The number of benzene rings is 2. The Bertz CT molecular complexity index is 633. The van der Waals surface area contributed by atoms with Crippen molar-refractivity contribution in [1.29, 1.82) is 0 Å². The van der Waals surface area contributed by atoms with E-state index in [1.807, 2.05) is 61.5 Å². The monoisotopic (exact) mass is 295 g/mol. The molecule has 2 aromatic carbocycles. The van der Waals surface area contributed by atoms with Crippen LogP contribution < -0.4 is 15.8 Å². The van der Waals surface area contributed by atoms with E-state index in [-0.39, 0.29) is 0 Å². The molecule has 0 heterocycles. The minimum Gasteiger partial charge on any atom is -0.457 e. The lowest BCUT2D eigenvalue weighted by molar-refractivity contribution is 0.482. The molecular weight excluding hydrogens is 274 g/mol. The molecule has 4 nitrogen and oxygen atoms in total. The van der Waals surface area contributed by atoms with Gasteiger partial charge in [-0.25, -0.2) is 4.99 Å². The van der Waals surface area contributed by atoms with Gasteiger partial charge in [0.05, 0.1) is 6.54 Å². The van der Waals surface area contributed by atoms with Gasteiger partial charge >= 0.3 is 0 Å². The number of hydrogen-bond donors (Lipinski definition) is 2. The number of para-hydroxylation sites is 1. The molecule has 0 aliphatic heterocycles. The van der Waals surface area contributed by atoms with E-state index >= 15 is 0 Å². The van der Waals surface area contributed by atoms with Crippen molar-refractivity contribution in [2.75, 3.05) is 6.54 Å². The van der Waals surface area contributed by atoms with Crippen LogP contribution in [0.2, 0.25) is 0 Å². The molecule has 0 bridgehead atoms. The summed E-state index contributed by atoms with van der Waals surface area (Å²) < 4.78 is 5.74. The predicted molar refractivity (Wildman–Crippen MR) is 91.1 cm³/mol. The van der Waals surface area contributed by atoms with Crippen LogP contribution in [0.1, 0.15) is 12.5 Å². The van der Waals surface area contributed by atoms with Gasteiger partial charge in [0.1, 0.15) is 11.5 Å². The number of nitrogens with zero attached hydrogens (tertiary/aromatic N) is 1. The topological polar surface area (TPSA) is 59.6 Å². The molecule has 0 spiro atoms. The first-order chi connectivity index (χ1) is 10.6. The maximum atomic E-state index is 5.77. The van der Waals surface area contributed by atoms with Crippen LogP contribution in [0, 0.1) is 0 Å². The van der Waals surface area contributed by atoms with Gasteiger partial charge in [0.2, 0.25) is 0 Å². The van der Waals surface area contributed by atoms with Crippen molar-refractivity contribution in [2.24, 2.45) is 10.7 Å². The molecule has 0 saturated carbocycles. The van der Waals surface area contributed by atoms with Crippen molar-refractivity contribution in [3.8, 4) is 11.5 Å². The molecule has 2 rings (SSSR count). The Balaban J connectivity index is 1.89. The minimum absolute atomic E-state index is 0.424. The van der Waals surface area contributed by atoms with E-state index in [1.54, 1.807) is 0 Å². The predicted octanol–water partition coefficient (Wildman–Crippen LogP) is 3.46. The first-order valence-electron chi connectivity index (χ1n) is 7.13. The Kier molecular flexibility index (Phi) is 5.60. The Morgan fingerprint density at radius 2 is 1.73 bits per heavy atom. The van der Waals surface area contributed by atoms with E-state index in [1.165, 1.54) is 0 Å². The molecule has 0 fully saturated rings. The zero-order valence-corrected chi connectivity index (χ0v) is 12.8. The van der Waals surface area contributed by atoms with Crippen LogP contribution in [0.3, 0.4) is 0 Å². The molecule has 114 valence electrons. The molecule has 0 radical (unpaired) electrons. The first kappa shape index (κ1) is 15.6. The van der Waals surface area contributed by atoms with Crippen LogP contribution in [0.25, 0.3) is 0 Å². The van der Waals surface area contributed by atoms with Crippen molar-refractivity contribution >= 4 is 5.96 Å². The fourth-order valence-electron chi connectivity index (χ4n) is 1.76. The number of ether oxygens (including phenoxy) is 1. The Morgan fingerprint density at radius 1 is 1.09 bits per heavy atom. The highest BCUT2D eigenvalue weighted by molar-refractivity contribution is 5.78.